The summed E-state index contributed by atoms with van der Waals surface area (Å²) in [6.45, 7) is 10.1. The molecule has 1 atom stereocenters. The van der Waals surface area contributed by atoms with Crippen molar-refractivity contribution in [3.8, 4) is 0 Å². The van der Waals surface area contributed by atoms with Gasteiger partial charge in [-0.25, -0.2) is 0 Å². The molecule has 0 radical (unpaired) electrons. The van der Waals surface area contributed by atoms with Crippen LogP contribution in [0.4, 0.5) is 0 Å². The first-order valence-electron chi connectivity index (χ1n) is 6.99. The van der Waals surface area contributed by atoms with E-state index in [0.717, 1.165) is 19.5 Å². The molecule has 0 fully saturated rings. The maximum atomic E-state index is 12.3. The summed E-state index contributed by atoms with van der Waals surface area (Å²) in [5.74, 6) is 0.265. The summed E-state index contributed by atoms with van der Waals surface area (Å²) >= 11 is 1.81. The minimum Gasteiger partial charge on any atom is -0.335 e. The SMILES string of the molecule is CC1c2ccsc2CCN1C(=O)CCNC(C)(C)C. The summed E-state index contributed by atoms with van der Waals surface area (Å²) in [4.78, 5) is 15.8. The van der Waals surface area contributed by atoms with Gasteiger partial charge in [0.1, 0.15) is 0 Å². The number of rotatable bonds is 3. The minimum absolute atomic E-state index is 0.0777. The van der Waals surface area contributed by atoms with E-state index in [1.807, 2.05) is 16.2 Å². The van der Waals surface area contributed by atoms with Crippen molar-refractivity contribution < 1.29 is 4.79 Å². The summed E-state index contributed by atoms with van der Waals surface area (Å²) < 4.78 is 0. The van der Waals surface area contributed by atoms with E-state index >= 15 is 0 Å². The van der Waals surface area contributed by atoms with E-state index in [4.69, 9.17) is 0 Å². The van der Waals surface area contributed by atoms with Gasteiger partial charge in [0.15, 0.2) is 0 Å². The number of thiophene rings is 1. The number of hydrogen-bond acceptors (Lipinski definition) is 3. The van der Waals surface area contributed by atoms with Gasteiger partial charge in [-0.3, -0.25) is 4.79 Å². The summed E-state index contributed by atoms with van der Waals surface area (Å²) in [5.41, 5.74) is 1.42. The van der Waals surface area contributed by atoms with Crippen LogP contribution in [0, 0.1) is 0 Å². The molecule has 0 saturated heterocycles. The average Bonchev–Trinajstić information content (AvgIpc) is 2.76. The number of nitrogens with zero attached hydrogens (tertiary/aromatic N) is 1. The van der Waals surface area contributed by atoms with Crippen LogP contribution in [0.15, 0.2) is 11.4 Å². The van der Waals surface area contributed by atoms with Crippen LogP contribution in [-0.4, -0.2) is 29.4 Å². The normalized spacial score (nSPS) is 19.4. The maximum absolute atomic E-state index is 12.3. The Balaban J connectivity index is 1.91. The first kappa shape index (κ1) is 14.5. The van der Waals surface area contributed by atoms with Crippen molar-refractivity contribution >= 4 is 17.2 Å². The Morgan fingerprint density at radius 1 is 1.53 bits per heavy atom. The van der Waals surface area contributed by atoms with Crippen LogP contribution < -0.4 is 5.32 Å². The van der Waals surface area contributed by atoms with E-state index < -0.39 is 0 Å². The van der Waals surface area contributed by atoms with Gasteiger partial charge in [-0.2, -0.15) is 0 Å². The van der Waals surface area contributed by atoms with E-state index in [1.165, 1.54) is 10.4 Å². The Morgan fingerprint density at radius 2 is 2.26 bits per heavy atom. The van der Waals surface area contributed by atoms with Gasteiger partial charge in [-0.1, -0.05) is 0 Å². The number of hydrogen-bond donors (Lipinski definition) is 1. The number of carbonyl (C=O) groups excluding carboxylic acids is 1. The topological polar surface area (TPSA) is 32.3 Å². The van der Waals surface area contributed by atoms with E-state index in [-0.39, 0.29) is 17.5 Å². The number of carbonyl (C=O) groups is 1. The second-order valence-corrected chi connectivity index (χ2v) is 7.24. The van der Waals surface area contributed by atoms with E-state index in [9.17, 15) is 4.79 Å². The zero-order valence-electron chi connectivity index (χ0n) is 12.3. The lowest BCUT2D eigenvalue weighted by Crippen LogP contribution is -2.42. The highest BCUT2D eigenvalue weighted by atomic mass is 32.1. The average molecular weight is 280 g/mol. The van der Waals surface area contributed by atoms with Crippen LogP contribution in [0.5, 0.6) is 0 Å². The third kappa shape index (κ3) is 3.57. The molecule has 1 aromatic heterocycles. The predicted octanol–water partition coefficient (Wildman–Crippen LogP) is 2.97. The molecule has 0 aliphatic carbocycles. The highest BCUT2D eigenvalue weighted by molar-refractivity contribution is 7.10. The standard InChI is InChI=1S/C15H24N2OS/c1-11-12-7-10-19-13(12)6-9-17(11)14(18)5-8-16-15(2,3)4/h7,10-11,16H,5-6,8-9H2,1-4H3. The van der Waals surface area contributed by atoms with E-state index in [0.29, 0.717) is 6.42 Å². The Kier molecular flexibility index (Phi) is 4.31. The lowest BCUT2D eigenvalue weighted by molar-refractivity contribution is -0.133. The minimum atomic E-state index is 0.0777. The van der Waals surface area contributed by atoms with Crippen LogP contribution in [0.25, 0.3) is 0 Å². The third-order valence-corrected chi connectivity index (χ3v) is 4.59. The molecule has 1 aliphatic rings. The monoisotopic (exact) mass is 280 g/mol. The van der Waals surface area contributed by atoms with Crippen molar-refractivity contribution in [2.45, 2.75) is 52.1 Å². The van der Waals surface area contributed by atoms with Gasteiger partial charge >= 0.3 is 0 Å². The fourth-order valence-corrected chi connectivity index (χ4v) is 3.50. The van der Waals surface area contributed by atoms with E-state index in [1.54, 1.807) is 0 Å². The van der Waals surface area contributed by atoms with E-state index in [2.05, 4.69) is 44.5 Å². The summed E-state index contributed by atoms with van der Waals surface area (Å²) in [7, 11) is 0. The molecule has 4 heteroatoms. The van der Waals surface area contributed by atoms with Crippen molar-refractivity contribution in [2.24, 2.45) is 0 Å². The number of nitrogens with one attached hydrogen (secondary N) is 1. The second-order valence-electron chi connectivity index (χ2n) is 6.24. The second kappa shape index (κ2) is 5.63. The molecule has 1 amide bonds. The first-order chi connectivity index (χ1) is 8.88. The van der Waals surface area contributed by atoms with Gasteiger partial charge in [0.2, 0.25) is 5.91 Å². The molecule has 2 rings (SSSR count). The van der Waals surface area contributed by atoms with Crippen LogP contribution in [0.3, 0.4) is 0 Å². The molecular formula is C15H24N2OS. The van der Waals surface area contributed by atoms with Crippen molar-refractivity contribution in [3.05, 3.63) is 21.9 Å². The van der Waals surface area contributed by atoms with Gasteiger partial charge in [0.05, 0.1) is 6.04 Å². The number of amides is 1. The molecule has 1 aromatic rings. The summed E-state index contributed by atoms with van der Waals surface area (Å²) in [5, 5.41) is 5.51. The molecule has 1 N–H and O–H groups in total. The zero-order chi connectivity index (χ0) is 14.0. The zero-order valence-corrected chi connectivity index (χ0v) is 13.1. The fourth-order valence-electron chi connectivity index (χ4n) is 2.54. The van der Waals surface area contributed by atoms with Gasteiger partial charge in [-0.15, -0.1) is 11.3 Å². The molecule has 3 nitrogen and oxygen atoms in total. The smallest absolute Gasteiger partial charge is 0.224 e. The predicted molar refractivity (Wildman–Crippen MR) is 80.5 cm³/mol. The third-order valence-electron chi connectivity index (χ3n) is 3.59. The van der Waals surface area contributed by atoms with Crippen molar-refractivity contribution in [1.82, 2.24) is 10.2 Å². The molecule has 0 saturated carbocycles. The Morgan fingerprint density at radius 3 is 2.95 bits per heavy atom. The molecular weight excluding hydrogens is 256 g/mol. The highest BCUT2D eigenvalue weighted by Crippen LogP contribution is 2.32. The molecule has 0 spiro atoms. The molecule has 19 heavy (non-hydrogen) atoms. The van der Waals surface area contributed by atoms with Crippen molar-refractivity contribution in [1.29, 1.82) is 0 Å². The molecule has 1 unspecified atom stereocenters. The van der Waals surface area contributed by atoms with Crippen LogP contribution in [-0.2, 0) is 11.2 Å². The molecule has 106 valence electrons. The largest absolute Gasteiger partial charge is 0.335 e. The molecule has 0 bridgehead atoms. The van der Waals surface area contributed by atoms with Gasteiger partial charge in [0, 0.05) is 29.9 Å². The molecule has 1 aliphatic heterocycles. The highest BCUT2D eigenvalue weighted by Gasteiger charge is 2.27. The van der Waals surface area contributed by atoms with Crippen LogP contribution >= 0.6 is 11.3 Å². The van der Waals surface area contributed by atoms with Gasteiger partial charge in [0.25, 0.3) is 0 Å². The molecule has 0 aromatic carbocycles. The lowest BCUT2D eigenvalue weighted by atomic mass is 10.0. The number of fused-ring (bicyclic) bond motifs is 1. The van der Waals surface area contributed by atoms with Gasteiger partial charge < -0.3 is 10.2 Å². The molecule has 2 heterocycles. The van der Waals surface area contributed by atoms with Gasteiger partial charge in [-0.05, 0) is 51.1 Å². The van der Waals surface area contributed by atoms with Crippen LogP contribution in [0.1, 0.15) is 50.6 Å². The maximum Gasteiger partial charge on any atom is 0.224 e. The Labute approximate surface area is 120 Å². The van der Waals surface area contributed by atoms with Crippen molar-refractivity contribution in [3.63, 3.8) is 0 Å². The summed E-state index contributed by atoms with van der Waals surface area (Å²) in [6.07, 6.45) is 1.59. The summed E-state index contributed by atoms with van der Waals surface area (Å²) in [6, 6.07) is 2.40. The lowest BCUT2D eigenvalue weighted by Gasteiger charge is -2.34. The first-order valence-corrected chi connectivity index (χ1v) is 7.87. The fraction of sp³-hybridized carbons (Fsp3) is 0.667. The Hall–Kier alpha value is -0.870. The van der Waals surface area contributed by atoms with Crippen molar-refractivity contribution in [2.75, 3.05) is 13.1 Å². The quantitative estimate of drug-likeness (QED) is 0.923. The Bertz CT molecular complexity index is 447. The van der Waals surface area contributed by atoms with Crippen LogP contribution in [0.2, 0.25) is 0 Å².